The average molecular weight is 175 g/mol. The Kier molecular flexibility index (Phi) is 1.77. The topological polar surface area (TPSA) is 42.4 Å². The minimum atomic E-state index is 0.119. The predicted molar refractivity (Wildman–Crippen MR) is 50.0 cm³/mol. The van der Waals surface area contributed by atoms with Gasteiger partial charge in [-0.2, -0.15) is 0 Å². The molecule has 0 saturated heterocycles. The van der Waals surface area contributed by atoms with Gasteiger partial charge >= 0.3 is 0 Å². The molecule has 3 nitrogen and oxygen atoms in total. The maximum Gasteiger partial charge on any atom is 0.186 e. The number of hydrogen-bond donors (Lipinski definition) is 1. The minimum absolute atomic E-state index is 0.119. The number of benzene rings is 1. The first-order valence-corrected chi connectivity index (χ1v) is 3.93. The molecule has 0 spiro atoms. The van der Waals surface area contributed by atoms with Crippen LogP contribution in [0.15, 0.2) is 30.5 Å². The summed E-state index contributed by atoms with van der Waals surface area (Å²) in [5, 5.41) is 10.4. The molecule has 66 valence electrons. The molecule has 1 aromatic heterocycles. The zero-order valence-electron chi connectivity index (χ0n) is 7.19. The van der Waals surface area contributed by atoms with Gasteiger partial charge in [0.25, 0.3) is 0 Å². The third-order valence-corrected chi connectivity index (χ3v) is 1.91. The van der Waals surface area contributed by atoms with Gasteiger partial charge in [-0.25, -0.2) is 0 Å². The average Bonchev–Trinajstić information content (AvgIpc) is 2.18. The molecule has 0 saturated carbocycles. The molecule has 13 heavy (non-hydrogen) atoms. The van der Waals surface area contributed by atoms with Crippen LogP contribution in [0.25, 0.3) is 10.9 Å². The molecule has 0 amide bonds. The summed E-state index contributed by atoms with van der Waals surface area (Å²) in [7, 11) is 1.52. The summed E-state index contributed by atoms with van der Waals surface area (Å²) in [6, 6.07) is 7.17. The number of methoxy groups -OCH3 is 1. The summed E-state index contributed by atoms with van der Waals surface area (Å²) < 4.78 is 5.05. The highest BCUT2D eigenvalue weighted by Crippen LogP contribution is 2.32. The van der Waals surface area contributed by atoms with Crippen molar-refractivity contribution in [3.63, 3.8) is 0 Å². The summed E-state index contributed by atoms with van der Waals surface area (Å²) in [6.45, 7) is 0. The second-order valence-electron chi connectivity index (χ2n) is 2.69. The summed E-state index contributed by atoms with van der Waals surface area (Å²) in [6.07, 6.45) is 1.67. The van der Waals surface area contributed by atoms with Crippen molar-refractivity contribution in [2.24, 2.45) is 0 Å². The summed E-state index contributed by atoms with van der Waals surface area (Å²) in [5.74, 6) is 0.548. The number of aromatic hydroxyl groups is 1. The Balaban J connectivity index is 2.84. The van der Waals surface area contributed by atoms with Gasteiger partial charge in [0.1, 0.15) is 5.52 Å². The Morgan fingerprint density at radius 2 is 2.15 bits per heavy atom. The van der Waals surface area contributed by atoms with Crippen LogP contribution in [0.5, 0.6) is 11.5 Å². The Morgan fingerprint density at radius 3 is 2.92 bits per heavy atom. The molecule has 1 heterocycles. The van der Waals surface area contributed by atoms with Crippen LogP contribution in [-0.2, 0) is 0 Å². The maximum atomic E-state index is 9.44. The lowest BCUT2D eigenvalue weighted by atomic mass is 10.2. The fourth-order valence-corrected chi connectivity index (χ4v) is 1.31. The van der Waals surface area contributed by atoms with Gasteiger partial charge in [-0.1, -0.05) is 6.07 Å². The Hall–Kier alpha value is -1.77. The van der Waals surface area contributed by atoms with Crippen molar-refractivity contribution in [1.29, 1.82) is 0 Å². The number of aromatic nitrogens is 1. The van der Waals surface area contributed by atoms with Gasteiger partial charge in [0.15, 0.2) is 11.5 Å². The second kappa shape index (κ2) is 2.94. The highest BCUT2D eigenvalue weighted by molar-refractivity contribution is 5.86. The van der Waals surface area contributed by atoms with Gasteiger partial charge in [0.05, 0.1) is 7.11 Å². The molecule has 1 aromatic carbocycles. The van der Waals surface area contributed by atoms with Gasteiger partial charge in [0.2, 0.25) is 0 Å². The molecule has 0 aliphatic carbocycles. The molecule has 0 atom stereocenters. The number of hydrogen-bond acceptors (Lipinski definition) is 3. The molecule has 0 aliphatic rings. The van der Waals surface area contributed by atoms with Crippen molar-refractivity contribution in [2.75, 3.05) is 7.11 Å². The van der Waals surface area contributed by atoms with E-state index in [4.69, 9.17) is 4.74 Å². The van der Waals surface area contributed by atoms with Crippen molar-refractivity contribution in [2.45, 2.75) is 0 Å². The molecule has 0 aliphatic heterocycles. The van der Waals surface area contributed by atoms with Gasteiger partial charge < -0.3 is 9.84 Å². The number of nitrogens with zero attached hydrogens (tertiary/aromatic N) is 1. The molecule has 0 unspecified atom stereocenters. The number of ether oxygens (including phenoxy) is 1. The lowest BCUT2D eigenvalue weighted by Crippen LogP contribution is -1.87. The number of rotatable bonds is 1. The van der Waals surface area contributed by atoms with E-state index in [1.165, 1.54) is 7.11 Å². The molecule has 2 rings (SSSR count). The first-order chi connectivity index (χ1) is 6.33. The lowest BCUT2D eigenvalue weighted by molar-refractivity contribution is 0.377. The smallest absolute Gasteiger partial charge is 0.186 e. The van der Waals surface area contributed by atoms with Crippen molar-refractivity contribution < 1.29 is 9.84 Å². The fraction of sp³-hybridized carbons (Fsp3) is 0.100. The Bertz CT molecular complexity index is 440. The van der Waals surface area contributed by atoms with Crippen molar-refractivity contribution in [1.82, 2.24) is 4.98 Å². The highest BCUT2D eigenvalue weighted by atomic mass is 16.5. The van der Waals surface area contributed by atoms with Crippen LogP contribution in [0.1, 0.15) is 0 Å². The van der Waals surface area contributed by atoms with Crippen LogP contribution in [0.2, 0.25) is 0 Å². The van der Waals surface area contributed by atoms with Crippen molar-refractivity contribution in [3.8, 4) is 11.5 Å². The molecular weight excluding hydrogens is 166 g/mol. The maximum absolute atomic E-state index is 9.44. The highest BCUT2D eigenvalue weighted by Gasteiger charge is 2.06. The fourth-order valence-electron chi connectivity index (χ4n) is 1.31. The van der Waals surface area contributed by atoms with Crippen LogP contribution in [0.3, 0.4) is 0 Å². The number of pyridine rings is 1. The van der Waals surface area contributed by atoms with Crippen LogP contribution < -0.4 is 4.74 Å². The van der Waals surface area contributed by atoms with Gasteiger partial charge in [-0.15, -0.1) is 0 Å². The summed E-state index contributed by atoms with van der Waals surface area (Å²) >= 11 is 0. The SMILES string of the molecule is COc1c(O)ccc2cccnc12. The van der Waals surface area contributed by atoms with E-state index in [0.717, 1.165) is 5.39 Å². The zero-order valence-corrected chi connectivity index (χ0v) is 7.19. The Labute approximate surface area is 75.6 Å². The lowest BCUT2D eigenvalue weighted by Gasteiger charge is -2.05. The second-order valence-corrected chi connectivity index (χ2v) is 2.69. The van der Waals surface area contributed by atoms with E-state index in [0.29, 0.717) is 11.3 Å². The molecular formula is C10H9NO2. The van der Waals surface area contributed by atoms with Crippen LogP contribution in [0, 0.1) is 0 Å². The van der Waals surface area contributed by atoms with E-state index in [2.05, 4.69) is 4.98 Å². The monoisotopic (exact) mass is 175 g/mol. The molecule has 0 fully saturated rings. The van der Waals surface area contributed by atoms with E-state index in [1.54, 1.807) is 18.3 Å². The molecule has 3 heteroatoms. The normalized spacial score (nSPS) is 10.2. The van der Waals surface area contributed by atoms with Gasteiger partial charge in [-0.05, 0) is 18.2 Å². The van der Waals surface area contributed by atoms with Gasteiger partial charge in [0, 0.05) is 11.6 Å². The van der Waals surface area contributed by atoms with Gasteiger partial charge in [-0.3, -0.25) is 4.98 Å². The quantitative estimate of drug-likeness (QED) is 0.720. The Morgan fingerprint density at radius 1 is 1.31 bits per heavy atom. The van der Waals surface area contributed by atoms with Crippen LogP contribution in [0.4, 0.5) is 0 Å². The van der Waals surface area contributed by atoms with Crippen molar-refractivity contribution >= 4 is 10.9 Å². The van der Waals surface area contributed by atoms with Crippen LogP contribution in [-0.4, -0.2) is 17.2 Å². The summed E-state index contributed by atoms with van der Waals surface area (Å²) in [4.78, 5) is 4.13. The number of phenolic OH excluding ortho intramolecular Hbond substituents is 1. The number of fused-ring (bicyclic) bond motifs is 1. The predicted octanol–water partition coefficient (Wildman–Crippen LogP) is 1.95. The largest absolute Gasteiger partial charge is 0.504 e. The minimum Gasteiger partial charge on any atom is -0.504 e. The molecule has 2 aromatic rings. The molecule has 0 bridgehead atoms. The standard InChI is InChI=1S/C10H9NO2/c1-13-10-8(12)5-4-7-3-2-6-11-9(7)10/h2-6,12H,1H3. The van der Waals surface area contributed by atoms with E-state index >= 15 is 0 Å². The van der Waals surface area contributed by atoms with Crippen LogP contribution >= 0.6 is 0 Å². The first kappa shape index (κ1) is 7.86. The van der Waals surface area contributed by atoms with E-state index in [-0.39, 0.29) is 5.75 Å². The first-order valence-electron chi connectivity index (χ1n) is 3.93. The summed E-state index contributed by atoms with van der Waals surface area (Å²) in [5.41, 5.74) is 0.685. The molecule has 0 radical (unpaired) electrons. The third-order valence-electron chi connectivity index (χ3n) is 1.91. The molecule has 1 N–H and O–H groups in total. The van der Waals surface area contributed by atoms with E-state index in [9.17, 15) is 5.11 Å². The third kappa shape index (κ3) is 1.18. The number of phenols is 1. The zero-order chi connectivity index (χ0) is 9.26. The van der Waals surface area contributed by atoms with E-state index in [1.807, 2.05) is 12.1 Å². The van der Waals surface area contributed by atoms with Crippen molar-refractivity contribution in [3.05, 3.63) is 30.5 Å². The van der Waals surface area contributed by atoms with E-state index < -0.39 is 0 Å².